The highest BCUT2D eigenvalue weighted by molar-refractivity contribution is 7.11. The Morgan fingerprint density at radius 2 is 2.37 bits per heavy atom. The Kier molecular flexibility index (Phi) is 4.29. The summed E-state index contributed by atoms with van der Waals surface area (Å²) in [6.45, 7) is 2.28. The molecule has 2 rings (SSSR count). The lowest BCUT2D eigenvalue weighted by atomic mass is 10.1. The highest BCUT2D eigenvalue weighted by atomic mass is 32.1. The van der Waals surface area contributed by atoms with Crippen molar-refractivity contribution in [3.63, 3.8) is 0 Å². The fourth-order valence-electron chi connectivity index (χ4n) is 1.55. The highest BCUT2D eigenvalue weighted by Gasteiger charge is 2.08. The number of benzene rings is 1. The Bertz CT molecular complexity index is 638. The molecular weight excluding hydrogens is 258 g/mol. The van der Waals surface area contributed by atoms with Crippen molar-refractivity contribution in [3.8, 4) is 11.8 Å². The van der Waals surface area contributed by atoms with Crippen LogP contribution in [0.3, 0.4) is 0 Å². The molecule has 0 fully saturated rings. The minimum absolute atomic E-state index is 0.150. The van der Waals surface area contributed by atoms with Crippen molar-refractivity contribution in [1.29, 1.82) is 0 Å². The number of hydrogen-bond acceptors (Lipinski definition) is 4. The smallest absolute Gasteiger partial charge is 0.267 e. The molecule has 0 saturated carbocycles. The second-order valence-electron chi connectivity index (χ2n) is 3.86. The van der Waals surface area contributed by atoms with Gasteiger partial charge < -0.3 is 11.1 Å². The Morgan fingerprint density at radius 3 is 3.00 bits per heavy atom. The van der Waals surface area contributed by atoms with Gasteiger partial charge in [0.1, 0.15) is 4.88 Å². The normalized spacial score (nSPS) is 9.58. The van der Waals surface area contributed by atoms with E-state index in [-0.39, 0.29) is 5.91 Å². The highest BCUT2D eigenvalue weighted by Crippen LogP contribution is 2.16. The second kappa shape index (κ2) is 6.14. The van der Waals surface area contributed by atoms with Crippen LogP contribution in [-0.4, -0.2) is 17.4 Å². The van der Waals surface area contributed by atoms with Gasteiger partial charge in [0.15, 0.2) is 0 Å². The van der Waals surface area contributed by atoms with E-state index in [0.717, 1.165) is 16.8 Å². The summed E-state index contributed by atoms with van der Waals surface area (Å²) in [6, 6.07) is 5.59. The Morgan fingerprint density at radius 1 is 1.53 bits per heavy atom. The average molecular weight is 271 g/mol. The van der Waals surface area contributed by atoms with E-state index in [1.165, 1.54) is 11.3 Å². The first kappa shape index (κ1) is 13.3. The number of nitrogens with zero attached hydrogens (tertiary/aromatic N) is 1. The fraction of sp³-hybridized carbons (Fsp3) is 0.143. The number of aromatic nitrogens is 1. The lowest BCUT2D eigenvalue weighted by Crippen LogP contribution is -2.10. The molecule has 5 heteroatoms. The van der Waals surface area contributed by atoms with Crippen molar-refractivity contribution in [2.75, 3.05) is 11.9 Å². The SMILES string of the molecule is Cc1cc(NC(=O)c2cncs2)ccc1C#CCN. The van der Waals surface area contributed by atoms with Crippen LogP contribution >= 0.6 is 11.3 Å². The number of aryl methyl sites for hydroxylation is 1. The van der Waals surface area contributed by atoms with Crippen LogP contribution in [0.4, 0.5) is 5.69 Å². The summed E-state index contributed by atoms with van der Waals surface area (Å²) in [7, 11) is 0. The number of rotatable bonds is 2. The molecule has 0 atom stereocenters. The van der Waals surface area contributed by atoms with Crippen molar-refractivity contribution in [1.82, 2.24) is 4.98 Å². The third kappa shape index (κ3) is 3.41. The van der Waals surface area contributed by atoms with Crippen LogP contribution in [0.5, 0.6) is 0 Å². The van der Waals surface area contributed by atoms with Gasteiger partial charge >= 0.3 is 0 Å². The quantitative estimate of drug-likeness (QED) is 0.821. The zero-order chi connectivity index (χ0) is 13.7. The summed E-state index contributed by atoms with van der Waals surface area (Å²) in [6.07, 6.45) is 1.55. The van der Waals surface area contributed by atoms with Gasteiger partial charge in [0, 0.05) is 11.3 Å². The first-order valence-corrected chi connectivity index (χ1v) is 6.58. The van der Waals surface area contributed by atoms with E-state index in [2.05, 4.69) is 22.1 Å². The summed E-state index contributed by atoms with van der Waals surface area (Å²) < 4.78 is 0. The van der Waals surface area contributed by atoms with Gasteiger partial charge in [0.25, 0.3) is 5.91 Å². The second-order valence-corrected chi connectivity index (χ2v) is 4.74. The van der Waals surface area contributed by atoms with Crippen LogP contribution < -0.4 is 11.1 Å². The molecule has 1 heterocycles. The molecule has 19 heavy (non-hydrogen) atoms. The molecule has 0 aliphatic carbocycles. The monoisotopic (exact) mass is 271 g/mol. The molecule has 96 valence electrons. The standard InChI is InChI=1S/C14H13N3OS/c1-10-7-12(5-4-11(10)3-2-6-15)17-14(18)13-8-16-9-19-13/h4-5,7-9H,6,15H2,1H3,(H,17,18). The zero-order valence-corrected chi connectivity index (χ0v) is 11.3. The predicted octanol–water partition coefficient (Wildman–Crippen LogP) is 2.01. The summed E-state index contributed by atoms with van der Waals surface area (Å²) in [4.78, 5) is 16.3. The van der Waals surface area contributed by atoms with Crippen molar-refractivity contribution in [3.05, 3.63) is 45.9 Å². The van der Waals surface area contributed by atoms with Gasteiger partial charge in [-0.2, -0.15) is 0 Å². The molecule has 1 amide bonds. The minimum atomic E-state index is -0.150. The predicted molar refractivity (Wildman–Crippen MR) is 77.2 cm³/mol. The van der Waals surface area contributed by atoms with Gasteiger partial charge in [-0.25, -0.2) is 0 Å². The van der Waals surface area contributed by atoms with Crippen molar-refractivity contribution >= 4 is 22.9 Å². The largest absolute Gasteiger partial charge is 0.321 e. The maximum atomic E-state index is 11.9. The Labute approximate surface area is 115 Å². The summed E-state index contributed by atoms with van der Waals surface area (Å²) in [5, 5.41) is 2.83. The fourth-order valence-corrected chi connectivity index (χ4v) is 2.06. The summed E-state index contributed by atoms with van der Waals surface area (Å²) in [5.74, 6) is 5.65. The molecule has 0 bridgehead atoms. The lowest BCUT2D eigenvalue weighted by Gasteiger charge is -2.05. The van der Waals surface area contributed by atoms with E-state index < -0.39 is 0 Å². The molecule has 2 aromatic rings. The van der Waals surface area contributed by atoms with E-state index in [0.29, 0.717) is 11.4 Å². The third-order valence-electron chi connectivity index (χ3n) is 2.47. The summed E-state index contributed by atoms with van der Waals surface area (Å²) >= 11 is 1.31. The number of hydrogen-bond donors (Lipinski definition) is 2. The van der Waals surface area contributed by atoms with E-state index in [4.69, 9.17) is 5.73 Å². The molecule has 1 aromatic carbocycles. The van der Waals surface area contributed by atoms with Crippen LogP contribution in [0.25, 0.3) is 0 Å². The van der Waals surface area contributed by atoms with Crippen LogP contribution in [0.1, 0.15) is 20.8 Å². The molecule has 0 saturated heterocycles. The van der Waals surface area contributed by atoms with Gasteiger partial charge in [-0.3, -0.25) is 9.78 Å². The maximum absolute atomic E-state index is 11.9. The minimum Gasteiger partial charge on any atom is -0.321 e. The van der Waals surface area contributed by atoms with Gasteiger partial charge in [0.05, 0.1) is 18.3 Å². The number of nitrogens with one attached hydrogen (secondary N) is 1. The van der Waals surface area contributed by atoms with Gasteiger partial charge in [-0.15, -0.1) is 11.3 Å². The molecule has 4 nitrogen and oxygen atoms in total. The number of nitrogens with two attached hydrogens (primary N) is 1. The first-order valence-electron chi connectivity index (χ1n) is 5.70. The van der Waals surface area contributed by atoms with Crippen molar-refractivity contribution in [2.45, 2.75) is 6.92 Å². The maximum Gasteiger partial charge on any atom is 0.267 e. The molecule has 3 N–H and O–H groups in total. The number of anilines is 1. The van der Waals surface area contributed by atoms with Gasteiger partial charge in [-0.1, -0.05) is 11.8 Å². The Balaban J connectivity index is 2.14. The van der Waals surface area contributed by atoms with Crippen molar-refractivity contribution in [2.24, 2.45) is 5.73 Å². The third-order valence-corrected chi connectivity index (χ3v) is 3.24. The molecule has 0 aliphatic rings. The topological polar surface area (TPSA) is 68.0 Å². The van der Waals surface area contributed by atoms with Gasteiger partial charge in [0.2, 0.25) is 0 Å². The lowest BCUT2D eigenvalue weighted by molar-refractivity contribution is 0.103. The number of thiazole rings is 1. The van der Waals surface area contributed by atoms with E-state index >= 15 is 0 Å². The van der Waals surface area contributed by atoms with Crippen LogP contribution in [0, 0.1) is 18.8 Å². The first-order chi connectivity index (χ1) is 9.20. The molecular formula is C14H13N3OS. The van der Waals surface area contributed by atoms with Crippen LogP contribution in [0.15, 0.2) is 29.9 Å². The molecule has 0 unspecified atom stereocenters. The molecule has 1 aromatic heterocycles. The Hall–Kier alpha value is -2.16. The zero-order valence-electron chi connectivity index (χ0n) is 10.4. The van der Waals surface area contributed by atoms with Gasteiger partial charge in [-0.05, 0) is 30.7 Å². The van der Waals surface area contributed by atoms with Crippen LogP contribution in [0.2, 0.25) is 0 Å². The number of carbonyl (C=O) groups is 1. The van der Waals surface area contributed by atoms with E-state index in [1.807, 2.05) is 25.1 Å². The van der Waals surface area contributed by atoms with E-state index in [1.54, 1.807) is 11.7 Å². The molecule has 0 spiro atoms. The molecule has 0 aliphatic heterocycles. The van der Waals surface area contributed by atoms with Crippen LogP contribution in [-0.2, 0) is 0 Å². The van der Waals surface area contributed by atoms with Crippen molar-refractivity contribution < 1.29 is 4.79 Å². The number of carbonyl (C=O) groups excluding carboxylic acids is 1. The number of amides is 1. The summed E-state index contributed by atoms with van der Waals surface area (Å²) in [5.41, 5.74) is 9.64. The van der Waals surface area contributed by atoms with E-state index in [9.17, 15) is 4.79 Å². The molecule has 0 radical (unpaired) electrons. The average Bonchev–Trinajstić information content (AvgIpc) is 2.92.